The van der Waals surface area contributed by atoms with Gasteiger partial charge in [0.2, 0.25) is 0 Å². The predicted octanol–water partition coefficient (Wildman–Crippen LogP) is 16.8. The Bertz CT molecular complexity index is 1220. The fourth-order valence-corrected chi connectivity index (χ4v) is 6.86. The summed E-state index contributed by atoms with van der Waals surface area (Å²) in [5.74, 6) is -0.948. The van der Waals surface area contributed by atoms with Gasteiger partial charge in [-0.1, -0.05) is 209 Å². The summed E-state index contributed by atoms with van der Waals surface area (Å²) in [5.41, 5.74) is 0. The average molecular weight is 863 g/mol. The molecule has 0 spiro atoms. The van der Waals surface area contributed by atoms with Gasteiger partial charge in [0.05, 0.1) is 0 Å². The lowest BCUT2D eigenvalue weighted by Gasteiger charge is -2.18. The lowest BCUT2D eigenvalue weighted by atomic mass is 10.0. The van der Waals surface area contributed by atoms with E-state index in [1.807, 2.05) is 0 Å². The predicted molar refractivity (Wildman–Crippen MR) is 265 cm³/mol. The van der Waals surface area contributed by atoms with Gasteiger partial charge in [-0.25, -0.2) is 0 Å². The average Bonchev–Trinajstić information content (AvgIpc) is 3.27. The molecule has 1 atom stereocenters. The largest absolute Gasteiger partial charge is 0.462 e. The summed E-state index contributed by atoms with van der Waals surface area (Å²) in [4.78, 5) is 37.9. The highest BCUT2D eigenvalue weighted by Gasteiger charge is 2.19. The van der Waals surface area contributed by atoms with Crippen LogP contribution < -0.4 is 0 Å². The van der Waals surface area contributed by atoms with Gasteiger partial charge in [0.25, 0.3) is 0 Å². The molecule has 0 aliphatic rings. The van der Waals surface area contributed by atoms with Crippen molar-refractivity contribution in [2.75, 3.05) is 13.2 Å². The van der Waals surface area contributed by atoms with Crippen LogP contribution >= 0.6 is 0 Å². The molecular weight excluding hydrogens is 769 g/mol. The van der Waals surface area contributed by atoms with Crippen LogP contribution in [0.15, 0.2) is 85.1 Å². The van der Waals surface area contributed by atoms with E-state index in [1.54, 1.807) is 0 Å². The van der Waals surface area contributed by atoms with Gasteiger partial charge in [0, 0.05) is 19.3 Å². The van der Waals surface area contributed by atoms with E-state index in [4.69, 9.17) is 14.2 Å². The third-order valence-electron chi connectivity index (χ3n) is 10.6. The number of allylic oxidation sites excluding steroid dienone is 14. The van der Waals surface area contributed by atoms with Crippen molar-refractivity contribution in [1.82, 2.24) is 0 Å². The highest BCUT2D eigenvalue weighted by Crippen LogP contribution is 2.14. The maximum Gasteiger partial charge on any atom is 0.306 e. The van der Waals surface area contributed by atoms with E-state index in [0.29, 0.717) is 19.3 Å². The minimum absolute atomic E-state index is 0.0954. The van der Waals surface area contributed by atoms with Crippen LogP contribution in [0, 0.1) is 0 Å². The molecule has 0 saturated heterocycles. The van der Waals surface area contributed by atoms with E-state index in [1.165, 1.54) is 83.5 Å². The Hall–Kier alpha value is -3.41. The number of ether oxygens (including phenoxy) is 3. The van der Waals surface area contributed by atoms with Crippen molar-refractivity contribution in [2.45, 2.75) is 239 Å². The normalized spacial score (nSPS) is 12.8. The Morgan fingerprint density at radius 2 is 0.629 bits per heavy atom. The molecule has 62 heavy (non-hydrogen) atoms. The first-order chi connectivity index (χ1) is 30.5. The Morgan fingerprint density at radius 3 is 1.02 bits per heavy atom. The number of hydrogen-bond donors (Lipinski definition) is 0. The number of carbonyl (C=O) groups is 3. The molecule has 0 saturated carbocycles. The topological polar surface area (TPSA) is 78.9 Å². The molecule has 0 radical (unpaired) electrons. The molecule has 0 aromatic rings. The molecule has 0 amide bonds. The van der Waals surface area contributed by atoms with Gasteiger partial charge in [0.15, 0.2) is 6.10 Å². The van der Waals surface area contributed by atoms with Gasteiger partial charge in [-0.3, -0.25) is 14.4 Å². The van der Waals surface area contributed by atoms with Gasteiger partial charge in [-0.15, -0.1) is 0 Å². The van der Waals surface area contributed by atoms with Crippen molar-refractivity contribution in [2.24, 2.45) is 0 Å². The molecule has 0 fully saturated rings. The third-order valence-corrected chi connectivity index (χ3v) is 10.6. The molecule has 6 heteroatoms. The highest BCUT2D eigenvalue weighted by atomic mass is 16.6. The summed E-state index contributed by atoms with van der Waals surface area (Å²) in [6.45, 7) is 6.36. The molecular formula is C56H94O6. The molecule has 0 aromatic carbocycles. The van der Waals surface area contributed by atoms with Gasteiger partial charge in [-0.05, 0) is 89.9 Å². The fourth-order valence-electron chi connectivity index (χ4n) is 6.86. The van der Waals surface area contributed by atoms with E-state index in [2.05, 4.69) is 106 Å². The third kappa shape index (κ3) is 47.6. The number of rotatable bonds is 45. The minimum Gasteiger partial charge on any atom is -0.462 e. The quantitative estimate of drug-likeness (QED) is 0.0263. The van der Waals surface area contributed by atoms with E-state index in [9.17, 15) is 14.4 Å². The van der Waals surface area contributed by atoms with Crippen molar-refractivity contribution >= 4 is 17.9 Å². The van der Waals surface area contributed by atoms with E-state index in [0.717, 1.165) is 103 Å². The lowest BCUT2D eigenvalue weighted by molar-refractivity contribution is -0.167. The summed E-state index contributed by atoms with van der Waals surface area (Å²) in [5, 5.41) is 0. The molecule has 0 rings (SSSR count). The standard InChI is InChI=1S/C56H94O6/c1-4-7-10-13-16-19-22-25-27-28-30-31-34-37-40-43-46-49-55(58)61-52-53(51-60-54(57)48-45-42-39-36-33-24-21-18-15-12-9-6-3)62-56(59)50-47-44-41-38-35-32-29-26-23-20-17-14-11-8-5-2/h7-8,10-11,16-17,19-20,25-27,29,35,38,53H,4-6,9,12-15,18,21-24,28,30-34,36-37,39-52H2,1-3H3/b10-7-,11-8-,19-16-,20-17-,27-25-,29-26-,38-35-. The summed E-state index contributed by atoms with van der Waals surface area (Å²) in [7, 11) is 0. The van der Waals surface area contributed by atoms with Crippen molar-refractivity contribution in [1.29, 1.82) is 0 Å². The zero-order chi connectivity index (χ0) is 45.1. The Labute approximate surface area is 382 Å². The number of hydrogen-bond acceptors (Lipinski definition) is 6. The number of esters is 3. The summed E-state index contributed by atoms with van der Waals surface area (Å²) in [6.07, 6.45) is 64.2. The molecule has 0 heterocycles. The zero-order valence-electron chi connectivity index (χ0n) is 40.4. The van der Waals surface area contributed by atoms with E-state index < -0.39 is 6.10 Å². The highest BCUT2D eigenvalue weighted by molar-refractivity contribution is 5.71. The lowest BCUT2D eigenvalue weighted by Crippen LogP contribution is -2.30. The van der Waals surface area contributed by atoms with Crippen LogP contribution in [0.25, 0.3) is 0 Å². The second kappa shape index (κ2) is 50.2. The van der Waals surface area contributed by atoms with Gasteiger partial charge < -0.3 is 14.2 Å². The molecule has 354 valence electrons. The van der Waals surface area contributed by atoms with E-state index in [-0.39, 0.29) is 37.5 Å². The molecule has 0 aromatic heterocycles. The Balaban J connectivity index is 4.45. The van der Waals surface area contributed by atoms with Crippen molar-refractivity contribution in [3.05, 3.63) is 85.1 Å². The first-order valence-electron chi connectivity index (χ1n) is 25.6. The van der Waals surface area contributed by atoms with Crippen LogP contribution in [0.3, 0.4) is 0 Å². The van der Waals surface area contributed by atoms with Crippen LogP contribution in [0.4, 0.5) is 0 Å². The van der Waals surface area contributed by atoms with E-state index >= 15 is 0 Å². The SMILES string of the molecule is CC/C=C\C/C=C\C/C=C\C/C=C\CCCCC(=O)OC(COC(=O)CCCCCCCCC/C=C\C/C=C\C/C=C\CC)COC(=O)CCCCCCCCCCCCCC. The molecule has 1 unspecified atom stereocenters. The Kier molecular flexibility index (Phi) is 47.5. The summed E-state index contributed by atoms with van der Waals surface area (Å²) in [6, 6.07) is 0. The smallest absolute Gasteiger partial charge is 0.306 e. The first kappa shape index (κ1) is 58.6. The molecule has 6 nitrogen and oxygen atoms in total. The molecule has 0 aliphatic carbocycles. The molecule has 0 N–H and O–H groups in total. The monoisotopic (exact) mass is 863 g/mol. The van der Waals surface area contributed by atoms with Gasteiger partial charge in [0.1, 0.15) is 13.2 Å². The number of unbranched alkanes of at least 4 members (excludes halogenated alkanes) is 20. The van der Waals surface area contributed by atoms with Crippen LogP contribution in [-0.4, -0.2) is 37.2 Å². The fraction of sp³-hybridized carbons (Fsp3) is 0.696. The van der Waals surface area contributed by atoms with Crippen LogP contribution in [0.5, 0.6) is 0 Å². The maximum atomic E-state index is 12.8. The van der Waals surface area contributed by atoms with Crippen molar-refractivity contribution in [3.8, 4) is 0 Å². The second-order valence-corrected chi connectivity index (χ2v) is 16.7. The molecule has 0 aliphatic heterocycles. The molecule has 0 bridgehead atoms. The van der Waals surface area contributed by atoms with Crippen molar-refractivity contribution < 1.29 is 28.6 Å². The summed E-state index contributed by atoms with van der Waals surface area (Å²) < 4.78 is 16.7. The second-order valence-electron chi connectivity index (χ2n) is 16.7. The number of carbonyl (C=O) groups excluding carboxylic acids is 3. The maximum absolute atomic E-state index is 12.8. The van der Waals surface area contributed by atoms with Crippen molar-refractivity contribution in [3.63, 3.8) is 0 Å². The van der Waals surface area contributed by atoms with Gasteiger partial charge in [-0.2, -0.15) is 0 Å². The van der Waals surface area contributed by atoms with Crippen LogP contribution in [0.2, 0.25) is 0 Å². The zero-order valence-corrected chi connectivity index (χ0v) is 40.4. The van der Waals surface area contributed by atoms with Crippen LogP contribution in [0.1, 0.15) is 233 Å². The van der Waals surface area contributed by atoms with Gasteiger partial charge >= 0.3 is 17.9 Å². The van der Waals surface area contributed by atoms with Crippen LogP contribution in [-0.2, 0) is 28.6 Å². The minimum atomic E-state index is -0.800. The summed E-state index contributed by atoms with van der Waals surface area (Å²) >= 11 is 0. The Morgan fingerprint density at radius 1 is 0.339 bits per heavy atom. The first-order valence-corrected chi connectivity index (χ1v) is 25.6.